The summed E-state index contributed by atoms with van der Waals surface area (Å²) in [4.78, 5) is 2.48. The molecule has 1 aromatic rings. The highest BCUT2D eigenvalue weighted by Crippen LogP contribution is 2.19. The van der Waals surface area contributed by atoms with Crippen molar-refractivity contribution in [1.82, 2.24) is 4.90 Å². The average Bonchev–Trinajstić information content (AvgIpc) is 2.38. The molecule has 3 nitrogen and oxygen atoms in total. The van der Waals surface area contributed by atoms with Gasteiger partial charge in [-0.25, -0.2) is 0 Å². The lowest BCUT2D eigenvalue weighted by atomic mass is 9.96. The van der Waals surface area contributed by atoms with Crippen molar-refractivity contribution in [3.63, 3.8) is 0 Å². The number of nitrogens with one attached hydrogen (secondary N) is 1. The summed E-state index contributed by atoms with van der Waals surface area (Å²) < 4.78 is 0. The summed E-state index contributed by atoms with van der Waals surface area (Å²) >= 11 is 0. The average molecular weight is 259 g/mol. The topological polar surface area (TPSA) is 53.1 Å². The SMILES string of the molecule is N=C(N)C(CN1CCCCCCC1)c1ccccc1. The van der Waals surface area contributed by atoms with E-state index in [9.17, 15) is 0 Å². The van der Waals surface area contributed by atoms with Gasteiger partial charge >= 0.3 is 0 Å². The van der Waals surface area contributed by atoms with Crippen LogP contribution in [0.15, 0.2) is 30.3 Å². The van der Waals surface area contributed by atoms with E-state index in [1.807, 2.05) is 18.2 Å². The van der Waals surface area contributed by atoms with Crippen molar-refractivity contribution >= 4 is 5.84 Å². The van der Waals surface area contributed by atoms with Crippen molar-refractivity contribution in [2.75, 3.05) is 19.6 Å². The zero-order chi connectivity index (χ0) is 13.5. The molecule has 1 aromatic carbocycles. The van der Waals surface area contributed by atoms with Crippen LogP contribution in [0.1, 0.15) is 43.6 Å². The summed E-state index contributed by atoms with van der Waals surface area (Å²) in [7, 11) is 0. The molecule has 104 valence electrons. The molecule has 3 heteroatoms. The maximum Gasteiger partial charge on any atom is 0.0995 e. The first-order valence-corrected chi connectivity index (χ1v) is 7.38. The Labute approximate surface area is 116 Å². The number of nitrogens with zero attached hydrogens (tertiary/aromatic N) is 1. The third-order valence-corrected chi connectivity index (χ3v) is 3.97. The van der Waals surface area contributed by atoms with Gasteiger partial charge in [0.25, 0.3) is 0 Å². The van der Waals surface area contributed by atoms with Crippen molar-refractivity contribution in [2.24, 2.45) is 5.73 Å². The maximum absolute atomic E-state index is 7.86. The van der Waals surface area contributed by atoms with Crippen LogP contribution >= 0.6 is 0 Å². The maximum atomic E-state index is 7.86. The zero-order valence-corrected chi connectivity index (χ0v) is 11.6. The molecule has 0 saturated carbocycles. The first kappa shape index (κ1) is 14.1. The summed E-state index contributed by atoms with van der Waals surface area (Å²) in [5.41, 5.74) is 6.98. The van der Waals surface area contributed by atoms with Crippen molar-refractivity contribution in [3.8, 4) is 0 Å². The van der Waals surface area contributed by atoms with Crippen LogP contribution in [0.5, 0.6) is 0 Å². The van der Waals surface area contributed by atoms with Gasteiger partial charge < -0.3 is 10.6 Å². The molecule has 2 rings (SSSR count). The lowest BCUT2D eigenvalue weighted by Gasteiger charge is -2.28. The third kappa shape index (κ3) is 4.35. The molecule has 0 bridgehead atoms. The molecule has 0 spiro atoms. The van der Waals surface area contributed by atoms with E-state index in [-0.39, 0.29) is 11.8 Å². The van der Waals surface area contributed by atoms with Crippen LogP contribution in [0.2, 0.25) is 0 Å². The van der Waals surface area contributed by atoms with Crippen molar-refractivity contribution in [3.05, 3.63) is 35.9 Å². The Balaban J connectivity index is 2.01. The van der Waals surface area contributed by atoms with Crippen LogP contribution in [-0.4, -0.2) is 30.4 Å². The number of hydrogen-bond acceptors (Lipinski definition) is 2. The van der Waals surface area contributed by atoms with E-state index in [4.69, 9.17) is 11.1 Å². The van der Waals surface area contributed by atoms with Crippen LogP contribution in [-0.2, 0) is 0 Å². The van der Waals surface area contributed by atoms with E-state index < -0.39 is 0 Å². The molecule has 19 heavy (non-hydrogen) atoms. The zero-order valence-electron chi connectivity index (χ0n) is 11.6. The van der Waals surface area contributed by atoms with Gasteiger partial charge in [-0.2, -0.15) is 0 Å². The van der Waals surface area contributed by atoms with Crippen LogP contribution in [0, 0.1) is 5.41 Å². The van der Waals surface area contributed by atoms with Crippen LogP contribution in [0.4, 0.5) is 0 Å². The second-order valence-corrected chi connectivity index (χ2v) is 5.49. The molecular weight excluding hydrogens is 234 g/mol. The van der Waals surface area contributed by atoms with E-state index in [0.29, 0.717) is 0 Å². The summed E-state index contributed by atoms with van der Waals surface area (Å²) in [6.07, 6.45) is 6.61. The Kier molecular flexibility index (Phi) is 5.40. The molecule has 0 amide bonds. The summed E-state index contributed by atoms with van der Waals surface area (Å²) in [6, 6.07) is 10.2. The van der Waals surface area contributed by atoms with Gasteiger partial charge in [-0.3, -0.25) is 5.41 Å². The van der Waals surface area contributed by atoms with Gasteiger partial charge in [0.15, 0.2) is 0 Å². The Morgan fingerprint density at radius 1 is 1.05 bits per heavy atom. The first-order chi connectivity index (χ1) is 9.27. The number of likely N-dealkylation sites (tertiary alicyclic amines) is 1. The van der Waals surface area contributed by atoms with Crippen molar-refractivity contribution in [2.45, 2.75) is 38.0 Å². The normalized spacial score (nSPS) is 19.4. The summed E-state index contributed by atoms with van der Waals surface area (Å²) in [6.45, 7) is 3.19. The largest absolute Gasteiger partial charge is 0.387 e. The van der Waals surface area contributed by atoms with E-state index in [2.05, 4.69) is 17.0 Å². The number of hydrogen-bond donors (Lipinski definition) is 2. The molecule has 1 aliphatic heterocycles. The second-order valence-electron chi connectivity index (χ2n) is 5.49. The predicted molar refractivity (Wildman–Crippen MR) is 80.6 cm³/mol. The number of benzene rings is 1. The number of nitrogens with two attached hydrogens (primary N) is 1. The first-order valence-electron chi connectivity index (χ1n) is 7.38. The Morgan fingerprint density at radius 3 is 2.21 bits per heavy atom. The molecule has 0 aromatic heterocycles. The van der Waals surface area contributed by atoms with Gasteiger partial charge in [0.2, 0.25) is 0 Å². The number of rotatable bonds is 4. The monoisotopic (exact) mass is 259 g/mol. The second kappa shape index (κ2) is 7.29. The minimum absolute atomic E-state index is 0.0422. The summed E-state index contributed by atoms with van der Waals surface area (Å²) in [5.74, 6) is 0.328. The van der Waals surface area contributed by atoms with E-state index in [1.165, 1.54) is 32.1 Å². The molecule has 3 N–H and O–H groups in total. The van der Waals surface area contributed by atoms with Crippen LogP contribution in [0.3, 0.4) is 0 Å². The van der Waals surface area contributed by atoms with Gasteiger partial charge in [0.1, 0.15) is 0 Å². The van der Waals surface area contributed by atoms with E-state index in [0.717, 1.165) is 25.2 Å². The van der Waals surface area contributed by atoms with Crippen LogP contribution < -0.4 is 5.73 Å². The molecule has 1 heterocycles. The van der Waals surface area contributed by atoms with Gasteiger partial charge in [-0.15, -0.1) is 0 Å². The molecule has 1 saturated heterocycles. The minimum Gasteiger partial charge on any atom is -0.387 e. The van der Waals surface area contributed by atoms with Gasteiger partial charge in [0, 0.05) is 6.54 Å². The van der Waals surface area contributed by atoms with Crippen molar-refractivity contribution in [1.29, 1.82) is 5.41 Å². The third-order valence-electron chi connectivity index (χ3n) is 3.97. The fourth-order valence-corrected chi connectivity index (χ4v) is 2.82. The minimum atomic E-state index is 0.0422. The highest BCUT2D eigenvalue weighted by molar-refractivity contribution is 5.84. The van der Waals surface area contributed by atoms with Gasteiger partial charge in [0.05, 0.1) is 11.8 Å². The molecule has 0 aliphatic carbocycles. The lowest BCUT2D eigenvalue weighted by Crippen LogP contribution is -2.36. The Hall–Kier alpha value is -1.35. The summed E-state index contributed by atoms with van der Waals surface area (Å²) in [5, 5.41) is 7.86. The molecule has 0 radical (unpaired) electrons. The highest BCUT2D eigenvalue weighted by atomic mass is 15.1. The highest BCUT2D eigenvalue weighted by Gasteiger charge is 2.19. The number of amidine groups is 1. The van der Waals surface area contributed by atoms with E-state index >= 15 is 0 Å². The van der Waals surface area contributed by atoms with Gasteiger partial charge in [-0.1, -0.05) is 49.6 Å². The van der Waals surface area contributed by atoms with E-state index in [1.54, 1.807) is 0 Å². The quantitative estimate of drug-likeness (QED) is 0.645. The molecular formula is C16H25N3. The Morgan fingerprint density at radius 2 is 1.63 bits per heavy atom. The van der Waals surface area contributed by atoms with Gasteiger partial charge in [-0.05, 0) is 31.5 Å². The fraction of sp³-hybridized carbons (Fsp3) is 0.562. The van der Waals surface area contributed by atoms with Crippen LogP contribution in [0.25, 0.3) is 0 Å². The lowest BCUT2D eigenvalue weighted by molar-refractivity contribution is 0.245. The smallest absolute Gasteiger partial charge is 0.0995 e. The molecule has 1 unspecified atom stereocenters. The molecule has 1 fully saturated rings. The molecule has 1 atom stereocenters. The molecule has 1 aliphatic rings. The van der Waals surface area contributed by atoms with Crippen molar-refractivity contribution < 1.29 is 0 Å². The standard InChI is InChI=1S/C16H25N3/c17-16(18)15(14-9-5-4-6-10-14)13-19-11-7-2-1-3-8-12-19/h4-6,9-10,15H,1-3,7-8,11-13H2,(H3,17,18). The fourth-order valence-electron chi connectivity index (χ4n) is 2.82. The predicted octanol–water partition coefficient (Wildman–Crippen LogP) is 2.97. The Bertz CT molecular complexity index is 380.